The summed E-state index contributed by atoms with van der Waals surface area (Å²) in [6, 6.07) is -0.307. The molecule has 0 aromatic heterocycles. The summed E-state index contributed by atoms with van der Waals surface area (Å²) in [5, 5.41) is 0. The quantitative estimate of drug-likeness (QED) is 0.765. The lowest BCUT2D eigenvalue weighted by atomic mass is 10.0. The van der Waals surface area contributed by atoms with Crippen LogP contribution in [0.15, 0.2) is 0 Å². The maximum atomic E-state index is 11.7. The van der Waals surface area contributed by atoms with Crippen LogP contribution in [0, 0.1) is 5.92 Å². The lowest BCUT2D eigenvalue weighted by Gasteiger charge is -2.30. The largest absolute Gasteiger partial charge is 0.341 e. The molecule has 0 spiro atoms. The van der Waals surface area contributed by atoms with Gasteiger partial charge in [-0.1, -0.05) is 13.8 Å². The zero-order valence-electron chi connectivity index (χ0n) is 9.03. The number of piperidine rings is 1. The van der Waals surface area contributed by atoms with Crippen molar-refractivity contribution in [1.29, 1.82) is 0 Å². The highest BCUT2D eigenvalue weighted by Gasteiger charge is 2.24. The first-order valence-corrected chi connectivity index (χ1v) is 5.17. The summed E-state index contributed by atoms with van der Waals surface area (Å²) in [5.74, 6) is 0.379. The van der Waals surface area contributed by atoms with Gasteiger partial charge in [0.25, 0.3) is 0 Å². The van der Waals surface area contributed by atoms with Gasteiger partial charge in [-0.15, -0.1) is 12.4 Å². The van der Waals surface area contributed by atoms with Gasteiger partial charge in [0.1, 0.15) is 0 Å². The minimum Gasteiger partial charge on any atom is -0.341 e. The first kappa shape index (κ1) is 13.7. The van der Waals surface area contributed by atoms with Crippen LogP contribution in [0.2, 0.25) is 0 Å². The smallest absolute Gasteiger partial charge is 0.239 e. The number of nitrogens with two attached hydrogens (primary N) is 1. The van der Waals surface area contributed by atoms with E-state index in [0.717, 1.165) is 25.9 Å². The molecule has 1 unspecified atom stereocenters. The van der Waals surface area contributed by atoms with Crippen molar-refractivity contribution in [3.8, 4) is 0 Å². The van der Waals surface area contributed by atoms with Crippen molar-refractivity contribution in [2.24, 2.45) is 11.7 Å². The molecule has 3 nitrogen and oxygen atoms in total. The molecule has 4 heteroatoms. The van der Waals surface area contributed by atoms with Gasteiger partial charge in [0.05, 0.1) is 6.04 Å². The van der Waals surface area contributed by atoms with Crippen LogP contribution in [0.5, 0.6) is 0 Å². The number of carbonyl (C=O) groups excluding carboxylic acids is 1. The molecular weight excluding hydrogens is 200 g/mol. The van der Waals surface area contributed by atoms with E-state index in [1.54, 1.807) is 0 Å². The Morgan fingerprint density at radius 2 is 1.71 bits per heavy atom. The second kappa shape index (κ2) is 6.25. The van der Waals surface area contributed by atoms with Gasteiger partial charge in [-0.05, 0) is 25.2 Å². The topological polar surface area (TPSA) is 46.3 Å². The first-order valence-electron chi connectivity index (χ1n) is 5.17. The Morgan fingerprint density at radius 3 is 2.14 bits per heavy atom. The highest BCUT2D eigenvalue weighted by atomic mass is 35.5. The first-order chi connectivity index (χ1) is 6.13. The monoisotopic (exact) mass is 220 g/mol. The van der Waals surface area contributed by atoms with E-state index >= 15 is 0 Å². The van der Waals surface area contributed by atoms with Gasteiger partial charge in [-0.2, -0.15) is 0 Å². The number of amides is 1. The van der Waals surface area contributed by atoms with Gasteiger partial charge in [0, 0.05) is 13.1 Å². The third-order valence-corrected chi connectivity index (χ3v) is 2.67. The average molecular weight is 221 g/mol. The Bertz CT molecular complexity index is 179. The highest BCUT2D eigenvalue weighted by molar-refractivity contribution is 5.85. The number of hydrogen-bond acceptors (Lipinski definition) is 2. The molecule has 0 aromatic carbocycles. The number of halogens is 1. The Kier molecular flexibility index (Phi) is 6.12. The van der Waals surface area contributed by atoms with E-state index in [1.165, 1.54) is 6.42 Å². The minimum atomic E-state index is -0.307. The van der Waals surface area contributed by atoms with E-state index < -0.39 is 0 Å². The second-order valence-electron chi connectivity index (χ2n) is 4.16. The Morgan fingerprint density at radius 1 is 1.21 bits per heavy atom. The maximum Gasteiger partial charge on any atom is 0.239 e. The molecule has 0 aliphatic carbocycles. The number of nitrogens with zero attached hydrogens (tertiary/aromatic N) is 1. The predicted molar refractivity (Wildman–Crippen MR) is 60.5 cm³/mol. The molecule has 0 aromatic rings. The normalized spacial score (nSPS) is 19.0. The van der Waals surface area contributed by atoms with Gasteiger partial charge < -0.3 is 10.6 Å². The van der Waals surface area contributed by atoms with Crippen LogP contribution in [0.1, 0.15) is 33.1 Å². The van der Waals surface area contributed by atoms with Gasteiger partial charge in [-0.3, -0.25) is 4.79 Å². The summed E-state index contributed by atoms with van der Waals surface area (Å²) < 4.78 is 0. The van der Waals surface area contributed by atoms with Crippen molar-refractivity contribution in [2.45, 2.75) is 39.2 Å². The van der Waals surface area contributed by atoms with Crippen LogP contribution in [0.4, 0.5) is 0 Å². The van der Waals surface area contributed by atoms with Crippen LogP contribution < -0.4 is 5.73 Å². The van der Waals surface area contributed by atoms with Crippen molar-refractivity contribution >= 4 is 18.3 Å². The van der Waals surface area contributed by atoms with E-state index in [0.29, 0.717) is 0 Å². The third kappa shape index (κ3) is 3.46. The molecule has 1 amide bonds. The molecule has 1 rings (SSSR count). The van der Waals surface area contributed by atoms with E-state index in [1.807, 2.05) is 18.7 Å². The van der Waals surface area contributed by atoms with E-state index in [-0.39, 0.29) is 30.3 Å². The molecule has 2 N–H and O–H groups in total. The Balaban J connectivity index is 0.00000169. The molecule has 0 radical (unpaired) electrons. The molecule has 1 aliphatic heterocycles. The SMILES string of the molecule is CC(C)C(N)C(=O)N1CCCCC1.Cl. The molecular formula is C10H21ClN2O. The van der Waals surface area contributed by atoms with Crippen molar-refractivity contribution in [2.75, 3.05) is 13.1 Å². The van der Waals surface area contributed by atoms with E-state index in [2.05, 4.69) is 0 Å². The van der Waals surface area contributed by atoms with Gasteiger partial charge in [0.15, 0.2) is 0 Å². The standard InChI is InChI=1S/C10H20N2O.ClH/c1-8(2)9(11)10(13)12-6-4-3-5-7-12;/h8-9H,3-7,11H2,1-2H3;1H. The predicted octanol–water partition coefficient (Wildman–Crippen LogP) is 1.40. The summed E-state index contributed by atoms with van der Waals surface area (Å²) in [7, 11) is 0. The highest BCUT2D eigenvalue weighted by Crippen LogP contribution is 2.11. The van der Waals surface area contributed by atoms with E-state index in [9.17, 15) is 4.79 Å². The third-order valence-electron chi connectivity index (χ3n) is 2.67. The van der Waals surface area contributed by atoms with Crippen molar-refractivity contribution in [3.63, 3.8) is 0 Å². The fraction of sp³-hybridized carbons (Fsp3) is 0.900. The summed E-state index contributed by atoms with van der Waals surface area (Å²) >= 11 is 0. The maximum absolute atomic E-state index is 11.7. The minimum absolute atomic E-state index is 0. The molecule has 84 valence electrons. The Labute approximate surface area is 92.4 Å². The lowest BCUT2D eigenvalue weighted by Crippen LogP contribution is -2.48. The lowest BCUT2D eigenvalue weighted by molar-refractivity contribution is -0.134. The van der Waals surface area contributed by atoms with E-state index in [4.69, 9.17) is 5.73 Å². The van der Waals surface area contributed by atoms with Crippen molar-refractivity contribution < 1.29 is 4.79 Å². The summed E-state index contributed by atoms with van der Waals surface area (Å²) in [6.07, 6.45) is 3.52. The fourth-order valence-electron chi connectivity index (χ4n) is 1.61. The summed E-state index contributed by atoms with van der Waals surface area (Å²) in [5.41, 5.74) is 5.80. The number of hydrogen-bond donors (Lipinski definition) is 1. The van der Waals surface area contributed by atoms with Gasteiger partial charge in [0.2, 0.25) is 5.91 Å². The molecule has 14 heavy (non-hydrogen) atoms. The van der Waals surface area contributed by atoms with Crippen LogP contribution in [-0.2, 0) is 4.79 Å². The zero-order chi connectivity index (χ0) is 9.84. The number of rotatable bonds is 2. The molecule has 1 atom stereocenters. The fourth-order valence-corrected chi connectivity index (χ4v) is 1.61. The van der Waals surface area contributed by atoms with Gasteiger partial charge in [-0.25, -0.2) is 0 Å². The van der Waals surface area contributed by atoms with Crippen LogP contribution >= 0.6 is 12.4 Å². The molecule has 0 saturated carbocycles. The molecule has 1 saturated heterocycles. The van der Waals surface area contributed by atoms with Crippen molar-refractivity contribution in [3.05, 3.63) is 0 Å². The Hall–Kier alpha value is -0.280. The van der Waals surface area contributed by atoms with Crippen LogP contribution in [0.25, 0.3) is 0 Å². The molecule has 1 fully saturated rings. The summed E-state index contributed by atoms with van der Waals surface area (Å²) in [4.78, 5) is 13.7. The van der Waals surface area contributed by atoms with Crippen LogP contribution in [-0.4, -0.2) is 29.9 Å². The summed E-state index contributed by atoms with van der Waals surface area (Å²) in [6.45, 7) is 5.79. The molecule has 1 heterocycles. The van der Waals surface area contributed by atoms with Crippen molar-refractivity contribution in [1.82, 2.24) is 4.90 Å². The second-order valence-corrected chi connectivity index (χ2v) is 4.16. The average Bonchev–Trinajstić information content (AvgIpc) is 2.17. The van der Waals surface area contributed by atoms with Crippen LogP contribution in [0.3, 0.4) is 0 Å². The molecule has 1 aliphatic rings. The number of likely N-dealkylation sites (tertiary alicyclic amines) is 1. The van der Waals surface area contributed by atoms with Gasteiger partial charge >= 0.3 is 0 Å². The molecule has 0 bridgehead atoms. The number of carbonyl (C=O) groups is 1. The zero-order valence-corrected chi connectivity index (χ0v) is 9.85.